The van der Waals surface area contributed by atoms with Gasteiger partial charge in [0.05, 0.1) is 22.4 Å². The number of hydrogen-bond acceptors (Lipinski definition) is 4. The van der Waals surface area contributed by atoms with E-state index in [0.717, 1.165) is 5.56 Å². The number of hydrogen-bond donors (Lipinski definition) is 1. The molecule has 1 N–H and O–H groups in total. The van der Waals surface area contributed by atoms with Gasteiger partial charge in [0, 0.05) is 13.1 Å². The summed E-state index contributed by atoms with van der Waals surface area (Å²) in [6, 6.07) is 13.4. The summed E-state index contributed by atoms with van der Waals surface area (Å²) in [6.07, 6.45) is 0. The molecule has 0 atom stereocenters. The molecule has 0 saturated carbocycles. The second-order valence-corrected chi connectivity index (χ2v) is 6.16. The minimum atomic E-state index is 0.0330. The van der Waals surface area contributed by atoms with E-state index in [2.05, 4.69) is 0 Å². The average molecular weight is 310 g/mol. The summed E-state index contributed by atoms with van der Waals surface area (Å²) < 4.78 is 0.616. The van der Waals surface area contributed by atoms with Gasteiger partial charge in [-0.05, 0) is 17.7 Å². The van der Waals surface area contributed by atoms with Crippen molar-refractivity contribution in [2.45, 2.75) is 6.54 Å². The van der Waals surface area contributed by atoms with Gasteiger partial charge < -0.3 is 5.11 Å². The zero-order valence-electron chi connectivity index (χ0n) is 11.0. The third-order valence-electron chi connectivity index (χ3n) is 2.88. The molecule has 1 heterocycles. The lowest BCUT2D eigenvalue weighted by atomic mass is 10.2. The third kappa shape index (κ3) is 4.42. The fourth-order valence-electron chi connectivity index (χ4n) is 1.94. The van der Waals surface area contributed by atoms with Crippen molar-refractivity contribution in [2.75, 3.05) is 19.7 Å². The number of halogens is 1. The van der Waals surface area contributed by atoms with Gasteiger partial charge in [-0.3, -0.25) is 9.69 Å². The lowest BCUT2D eigenvalue weighted by molar-refractivity contribution is 0.0912. The fraction of sp³-hybridized carbons (Fsp3) is 0.267. The predicted molar refractivity (Wildman–Crippen MR) is 82.5 cm³/mol. The van der Waals surface area contributed by atoms with E-state index in [1.165, 1.54) is 11.3 Å². The summed E-state index contributed by atoms with van der Waals surface area (Å²) in [6.45, 7) is 1.43. The molecule has 2 aromatic rings. The molecule has 1 aromatic heterocycles. The summed E-state index contributed by atoms with van der Waals surface area (Å²) in [4.78, 5) is 14.8. The Morgan fingerprint density at radius 3 is 2.55 bits per heavy atom. The molecular formula is C15H16ClNO2S. The van der Waals surface area contributed by atoms with Crippen LogP contribution in [0.2, 0.25) is 4.34 Å². The Morgan fingerprint density at radius 2 is 1.95 bits per heavy atom. The third-order valence-corrected chi connectivity index (χ3v) is 4.15. The van der Waals surface area contributed by atoms with Crippen LogP contribution in [-0.2, 0) is 6.54 Å². The van der Waals surface area contributed by atoms with Gasteiger partial charge in [-0.25, -0.2) is 0 Å². The van der Waals surface area contributed by atoms with E-state index in [0.29, 0.717) is 22.3 Å². The molecule has 0 unspecified atom stereocenters. The van der Waals surface area contributed by atoms with Gasteiger partial charge in [0.25, 0.3) is 0 Å². The number of thiophene rings is 1. The van der Waals surface area contributed by atoms with E-state index in [4.69, 9.17) is 16.7 Å². The highest BCUT2D eigenvalue weighted by Gasteiger charge is 2.14. The van der Waals surface area contributed by atoms with Crippen LogP contribution in [0.15, 0.2) is 42.5 Å². The Labute approximate surface area is 127 Å². The molecule has 0 fully saturated rings. The van der Waals surface area contributed by atoms with Crippen LogP contribution in [0.3, 0.4) is 0 Å². The summed E-state index contributed by atoms with van der Waals surface area (Å²) in [5.41, 5.74) is 1.12. The number of benzene rings is 1. The van der Waals surface area contributed by atoms with E-state index >= 15 is 0 Å². The van der Waals surface area contributed by atoms with Crippen molar-refractivity contribution >= 4 is 28.7 Å². The van der Waals surface area contributed by atoms with Crippen LogP contribution in [0.4, 0.5) is 0 Å². The Bertz CT molecular complexity index is 556. The largest absolute Gasteiger partial charge is 0.395 e. The van der Waals surface area contributed by atoms with Crippen LogP contribution < -0.4 is 0 Å². The zero-order valence-corrected chi connectivity index (χ0v) is 12.5. The highest BCUT2D eigenvalue weighted by atomic mass is 35.5. The van der Waals surface area contributed by atoms with Crippen molar-refractivity contribution in [2.24, 2.45) is 0 Å². The van der Waals surface area contributed by atoms with Crippen LogP contribution in [0, 0.1) is 0 Å². The van der Waals surface area contributed by atoms with Gasteiger partial charge >= 0.3 is 0 Å². The Hall–Kier alpha value is -1.20. The zero-order chi connectivity index (χ0) is 14.4. The molecule has 0 spiro atoms. The van der Waals surface area contributed by atoms with Crippen LogP contribution in [0.1, 0.15) is 15.2 Å². The van der Waals surface area contributed by atoms with Gasteiger partial charge in [0.1, 0.15) is 0 Å². The first-order valence-electron chi connectivity index (χ1n) is 6.34. The maximum absolute atomic E-state index is 12.2. The van der Waals surface area contributed by atoms with E-state index in [-0.39, 0.29) is 18.9 Å². The number of nitrogens with zero attached hydrogens (tertiary/aromatic N) is 1. The molecular weight excluding hydrogens is 294 g/mol. The topological polar surface area (TPSA) is 40.5 Å². The minimum Gasteiger partial charge on any atom is -0.395 e. The van der Waals surface area contributed by atoms with Crippen molar-refractivity contribution in [1.82, 2.24) is 4.90 Å². The van der Waals surface area contributed by atoms with Crippen molar-refractivity contribution < 1.29 is 9.90 Å². The van der Waals surface area contributed by atoms with Crippen molar-refractivity contribution in [1.29, 1.82) is 0 Å². The maximum atomic E-state index is 12.2. The first kappa shape index (κ1) is 15.2. The Balaban J connectivity index is 2.00. The molecule has 0 saturated heterocycles. The molecule has 0 aliphatic heterocycles. The molecule has 0 amide bonds. The fourth-order valence-corrected chi connectivity index (χ4v) is 2.92. The number of aliphatic hydroxyl groups excluding tert-OH is 1. The molecule has 5 heteroatoms. The highest BCUT2D eigenvalue weighted by molar-refractivity contribution is 7.18. The van der Waals surface area contributed by atoms with Gasteiger partial charge in [-0.15, -0.1) is 11.3 Å². The van der Waals surface area contributed by atoms with Crippen molar-refractivity contribution in [3.8, 4) is 0 Å². The van der Waals surface area contributed by atoms with E-state index in [1.807, 2.05) is 35.2 Å². The van der Waals surface area contributed by atoms with E-state index < -0.39 is 0 Å². The first-order chi connectivity index (χ1) is 9.69. The van der Waals surface area contributed by atoms with Gasteiger partial charge in [0.15, 0.2) is 5.78 Å². The normalized spacial score (nSPS) is 10.9. The molecule has 1 aromatic carbocycles. The molecule has 3 nitrogen and oxygen atoms in total. The van der Waals surface area contributed by atoms with Gasteiger partial charge in [-0.1, -0.05) is 41.9 Å². The van der Waals surface area contributed by atoms with Gasteiger partial charge in [0.2, 0.25) is 0 Å². The SMILES string of the molecule is O=C(CN(CCO)Cc1ccccc1)c1ccc(Cl)s1. The predicted octanol–water partition coefficient (Wildman–Crippen LogP) is 3.08. The lowest BCUT2D eigenvalue weighted by Gasteiger charge is -2.20. The number of aliphatic hydroxyl groups is 1. The number of rotatable bonds is 7. The van der Waals surface area contributed by atoms with Crippen molar-refractivity contribution in [3.63, 3.8) is 0 Å². The maximum Gasteiger partial charge on any atom is 0.186 e. The Kier molecular flexibility index (Phi) is 5.73. The summed E-state index contributed by atoms with van der Waals surface area (Å²) in [5, 5.41) is 9.13. The van der Waals surface area contributed by atoms with Crippen LogP contribution in [0.25, 0.3) is 0 Å². The molecule has 2 rings (SSSR count). The summed E-state index contributed by atoms with van der Waals surface area (Å²) in [7, 11) is 0. The van der Waals surface area contributed by atoms with Crippen LogP contribution >= 0.6 is 22.9 Å². The van der Waals surface area contributed by atoms with Crippen LogP contribution in [0.5, 0.6) is 0 Å². The van der Waals surface area contributed by atoms with Gasteiger partial charge in [-0.2, -0.15) is 0 Å². The highest BCUT2D eigenvalue weighted by Crippen LogP contribution is 2.22. The second-order valence-electron chi connectivity index (χ2n) is 4.45. The first-order valence-corrected chi connectivity index (χ1v) is 7.54. The smallest absolute Gasteiger partial charge is 0.186 e. The standard InChI is InChI=1S/C15H16ClNO2S/c16-15-7-6-14(20-15)13(19)11-17(8-9-18)10-12-4-2-1-3-5-12/h1-7,18H,8-11H2. The molecule has 0 aliphatic rings. The molecule has 20 heavy (non-hydrogen) atoms. The molecule has 0 radical (unpaired) electrons. The lowest BCUT2D eigenvalue weighted by Crippen LogP contribution is -2.31. The molecule has 0 bridgehead atoms. The average Bonchev–Trinajstić information content (AvgIpc) is 2.87. The molecule has 106 valence electrons. The number of carbonyl (C=O) groups excluding carboxylic acids is 1. The monoisotopic (exact) mass is 309 g/mol. The summed E-state index contributed by atoms with van der Waals surface area (Å²) in [5.74, 6) is 0.0336. The quantitative estimate of drug-likeness (QED) is 0.799. The number of carbonyl (C=O) groups is 1. The molecule has 0 aliphatic carbocycles. The van der Waals surface area contributed by atoms with Crippen molar-refractivity contribution in [3.05, 3.63) is 57.2 Å². The summed E-state index contributed by atoms with van der Waals surface area (Å²) >= 11 is 7.13. The van der Waals surface area contributed by atoms with E-state index in [9.17, 15) is 4.79 Å². The van der Waals surface area contributed by atoms with E-state index in [1.54, 1.807) is 12.1 Å². The Morgan fingerprint density at radius 1 is 1.20 bits per heavy atom. The minimum absolute atomic E-state index is 0.0330. The number of ketones is 1. The number of Topliss-reactive ketones (excluding diaryl/α,β-unsaturated/α-hetero) is 1. The van der Waals surface area contributed by atoms with Crippen LogP contribution in [-0.4, -0.2) is 35.5 Å². The second kappa shape index (κ2) is 7.55.